The van der Waals surface area contributed by atoms with Gasteiger partial charge < -0.3 is 24.0 Å². The lowest BCUT2D eigenvalue weighted by Crippen LogP contribution is -2.36. The number of halogens is 1. The number of aryl methyl sites for hydroxylation is 1. The van der Waals surface area contributed by atoms with Gasteiger partial charge in [-0.2, -0.15) is 0 Å². The van der Waals surface area contributed by atoms with E-state index in [4.69, 9.17) is 9.47 Å². The van der Waals surface area contributed by atoms with Gasteiger partial charge in [-0.15, -0.1) is 0 Å². The number of para-hydroxylation sites is 1. The van der Waals surface area contributed by atoms with E-state index in [0.717, 1.165) is 0 Å². The van der Waals surface area contributed by atoms with Gasteiger partial charge in [-0.25, -0.2) is 14.2 Å². The highest BCUT2D eigenvalue weighted by Gasteiger charge is 2.20. The monoisotopic (exact) mass is 441 g/mol. The van der Waals surface area contributed by atoms with Gasteiger partial charge in [0.25, 0.3) is 5.91 Å². The van der Waals surface area contributed by atoms with Crippen LogP contribution in [0.4, 0.5) is 4.39 Å². The summed E-state index contributed by atoms with van der Waals surface area (Å²) < 4.78 is 26.8. The maximum atomic E-state index is 14.2. The van der Waals surface area contributed by atoms with Crippen LogP contribution in [0, 0.1) is 5.82 Å². The summed E-state index contributed by atoms with van der Waals surface area (Å²) in [5.41, 5.74) is 0.268. The molecule has 9 heteroatoms. The van der Waals surface area contributed by atoms with Crippen LogP contribution in [-0.2, 0) is 17.9 Å². The molecule has 0 unspecified atom stereocenters. The predicted octanol–water partition coefficient (Wildman–Crippen LogP) is 3.23. The van der Waals surface area contributed by atoms with Crippen LogP contribution in [0.1, 0.15) is 22.3 Å². The summed E-state index contributed by atoms with van der Waals surface area (Å²) in [4.78, 5) is 30.0. The highest BCUT2D eigenvalue weighted by Crippen LogP contribution is 2.31. The van der Waals surface area contributed by atoms with E-state index in [0.29, 0.717) is 25.1 Å². The smallest absolute Gasteiger partial charge is 0.339 e. The van der Waals surface area contributed by atoms with Crippen LogP contribution in [0.15, 0.2) is 61.2 Å². The Morgan fingerprint density at radius 1 is 1.19 bits per heavy atom. The topological polar surface area (TPSA) is 93.9 Å². The molecule has 3 rings (SSSR count). The number of carbonyl (C=O) groups is 2. The Kier molecular flexibility index (Phi) is 7.80. The standard InChI is InChI=1S/C23H24FN3O5/c1-31-20-9-4-7-18(23(29)30)22(20)32-15-21(28)27(12-5-11-26-13-10-25-16-26)14-17-6-2-3-8-19(17)24/h2-4,6-10,13,16H,5,11-12,14-15H2,1H3,(H,29,30). The minimum atomic E-state index is -1.20. The second-order valence-corrected chi connectivity index (χ2v) is 6.99. The van der Waals surface area contributed by atoms with Crippen molar-refractivity contribution in [2.45, 2.75) is 19.5 Å². The van der Waals surface area contributed by atoms with Crippen molar-refractivity contribution in [1.82, 2.24) is 14.5 Å². The maximum Gasteiger partial charge on any atom is 0.339 e. The second-order valence-electron chi connectivity index (χ2n) is 6.99. The molecular formula is C23H24FN3O5. The Morgan fingerprint density at radius 3 is 2.69 bits per heavy atom. The van der Waals surface area contributed by atoms with Crippen molar-refractivity contribution in [3.05, 3.63) is 78.1 Å². The lowest BCUT2D eigenvalue weighted by molar-refractivity contribution is -0.134. The normalized spacial score (nSPS) is 10.6. The van der Waals surface area contributed by atoms with Crippen LogP contribution < -0.4 is 9.47 Å². The van der Waals surface area contributed by atoms with Crippen LogP contribution in [0.3, 0.4) is 0 Å². The van der Waals surface area contributed by atoms with E-state index in [1.807, 2.05) is 10.8 Å². The van der Waals surface area contributed by atoms with E-state index < -0.39 is 24.3 Å². The van der Waals surface area contributed by atoms with Gasteiger partial charge in [0.05, 0.1) is 13.4 Å². The van der Waals surface area contributed by atoms with Crippen molar-refractivity contribution < 1.29 is 28.6 Å². The number of carbonyl (C=O) groups excluding carboxylic acids is 1. The first-order valence-corrected chi connectivity index (χ1v) is 9.99. The first kappa shape index (κ1) is 22.8. The zero-order valence-corrected chi connectivity index (χ0v) is 17.6. The molecule has 0 saturated carbocycles. The summed E-state index contributed by atoms with van der Waals surface area (Å²) in [6.07, 6.45) is 5.79. The SMILES string of the molecule is COc1cccc(C(=O)O)c1OCC(=O)N(CCCn1ccnc1)Cc1ccccc1F. The van der Waals surface area contributed by atoms with Crippen molar-refractivity contribution in [2.75, 3.05) is 20.3 Å². The highest BCUT2D eigenvalue weighted by atomic mass is 19.1. The molecule has 1 amide bonds. The molecule has 0 fully saturated rings. The zero-order chi connectivity index (χ0) is 22.9. The third kappa shape index (κ3) is 5.84. The fraction of sp³-hybridized carbons (Fsp3) is 0.261. The largest absolute Gasteiger partial charge is 0.493 e. The van der Waals surface area contributed by atoms with Crippen molar-refractivity contribution in [2.24, 2.45) is 0 Å². The molecule has 0 aliphatic heterocycles. The molecule has 0 aliphatic rings. The van der Waals surface area contributed by atoms with Gasteiger partial charge in [-0.1, -0.05) is 24.3 Å². The van der Waals surface area contributed by atoms with E-state index >= 15 is 0 Å². The molecule has 1 N–H and O–H groups in total. The van der Waals surface area contributed by atoms with Crippen molar-refractivity contribution in [3.8, 4) is 11.5 Å². The number of carboxylic acids is 1. The quantitative estimate of drug-likeness (QED) is 0.491. The molecule has 0 atom stereocenters. The maximum absolute atomic E-state index is 14.2. The van der Waals surface area contributed by atoms with E-state index in [1.54, 1.807) is 36.8 Å². The summed E-state index contributed by atoms with van der Waals surface area (Å²) in [5.74, 6) is -1.83. The van der Waals surface area contributed by atoms with Gasteiger partial charge in [-0.3, -0.25) is 4.79 Å². The van der Waals surface area contributed by atoms with Gasteiger partial charge in [0.2, 0.25) is 0 Å². The summed E-state index contributed by atoms with van der Waals surface area (Å²) in [6.45, 7) is 0.640. The number of aromatic nitrogens is 2. The summed E-state index contributed by atoms with van der Waals surface area (Å²) in [6, 6.07) is 10.7. The number of hydrogen-bond donors (Lipinski definition) is 1. The number of hydrogen-bond acceptors (Lipinski definition) is 5. The van der Waals surface area contributed by atoms with Crippen LogP contribution in [0.25, 0.3) is 0 Å². The number of aromatic carboxylic acids is 1. The molecule has 0 radical (unpaired) electrons. The molecular weight excluding hydrogens is 417 g/mol. The fourth-order valence-corrected chi connectivity index (χ4v) is 3.21. The molecule has 1 heterocycles. The van der Waals surface area contributed by atoms with Crippen LogP contribution in [0.2, 0.25) is 0 Å². The third-order valence-electron chi connectivity index (χ3n) is 4.84. The van der Waals surface area contributed by atoms with Gasteiger partial charge in [0.1, 0.15) is 11.4 Å². The summed E-state index contributed by atoms with van der Waals surface area (Å²) in [5, 5.41) is 9.41. The van der Waals surface area contributed by atoms with E-state index in [-0.39, 0.29) is 23.6 Å². The van der Waals surface area contributed by atoms with E-state index in [2.05, 4.69) is 4.98 Å². The number of benzene rings is 2. The van der Waals surface area contributed by atoms with Gasteiger partial charge in [-0.05, 0) is 24.6 Å². The van der Waals surface area contributed by atoms with Crippen LogP contribution in [-0.4, -0.2) is 51.7 Å². The number of methoxy groups -OCH3 is 1. The first-order valence-electron chi connectivity index (χ1n) is 9.99. The Bertz CT molecular complexity index is 1060. The lowest BCUT2D eigenvalue weighted by atomic mass is 10.2. The van der Waals surface area contributed by atoms with Crippen molar-refractivity contribution in [1.29, 1.82) is 0 Å². The molecule has 168 valence electrons. The third-order valence-corrected chi connectivity index (χ3v) is 4.84. The average molecular weight is 441 g/mol. The Morgan fingerprint density at radius 2 is 2.00 bits per heavy atom. The Labute approximate surface area is 184 Å². The molecule has 0 saturated heterocycles. The predicted molar refractivity (Wildman–Crippen MR) is 114 cm³/mol. The molecule has 32 heavy (non-hydrogen) atoms. The fourth-order valence-electron chi connectivity index (χ4n) is 3.21. The molecule has 0 bridgehead atoms. The molecule has 8 nitrogen and oxygen atoms in total. The van der Waals surface area contributed by atoms with E-state index in [1.165, 1.54) is 30.2 Å². The lowest BCUT2D eigenvalue weighted by Gasteiger charge is -2.24. The van der Waals surface area contributed by atoms with Gasteiger partial charge >= 0.3 is 5.97 Å². The van der Waals surface area contributed by atoms with Gasteiger partial charge in [0.15, 0.2) is 18.1 Å². The number of amides is 1. The highest BCUT2D eigenvalue weighted by molar-refractivity contribution is 5.92. The number of ether oxygens (including phenoxy) is 2. The molecule has 0 aliphatic carbocycles. The number of imidazole rings is 1. The first-order chi connectivity index (χ1) is 15.5. The van der Waals surface area contributed by atoms with Crippen LogP contribution in [0.5, 0.6) is 11.5 Å². The van der Waals surface area contributed by atoms with Gasteiger partial charge in [0, 0.05) is 37.6 Å². The zero-order valence-electron chi connectivity index (χ0n) is 17.6. The number of rotatable bonds is 11. The van der Waals surface area contributed by atoms with Crippen LogP contribution >= 0.6 is 0 Å². The molecule has 3 aromatic rings. The van der Waals surface area contributed by atoms with Crippen molar-refractivity contribution in [3.63, 3.8) is 0 Å². The average Bonchev–Trinajstić information content (AvgIpc) is 3.31. The Hall–Kier alpha value is -3.88. The molecule has 1 aromatic heterocycles. The minimum Gasteiger partial charge on any atom is -0.493 e. The molecule has 0 spiro atoms. The second kappa shape index (κ2) is 10.9. The number of carboxylic acid groups (broad SMARTS) is 1. The minimum absolute atomic E-state index is 0.0277. The molecule has 2 aromatic carbocycles. The summed E-state index contributed by atoms with van der Waals surface area (Å²) >= 11 is 0. The van der Waals surface area contributed by atoms with Crippen molar-refractivity contribution >= 4 is 11.9 Å². The summed E-state index contributed by atoms with van der Waals surface area (Å²) in [7, 11) is 1.39. The Balaban J connectivity index is 1.73. The van der Waals surface area contributed by atoms with E-state index in [9.17, 15) is 19.1 Å². The number of nitrogens with zero attached hydrogens (tertiary/aromatic N) is 3.